The number of fused-ring (bicyclic) bond motifs is 1. The molecular weight excluding hydrogens is 527 g/mol. The SMILES string of the molecule is CCOc1cc(/C=N\NC(=O)c2cc3ccccc3cc2OC)c(Br)cc1OCc1ccccc1F. The Labute approximate surface area is 216 Å². The lowest BCUT2D eigenvalue weighted by Gasteiger charge is -2.14. The van der Waals surface area contributed by atoms with E-state index in [0.29, 0.717) is 45.0 Å². The third-order valence-electron chi connectivity index (χ3n) is 5.39. The largest absolute Gasteiger partial charge is 0.496 e. The number of ether oxygens (including phenoxy) is 3. The maximum atomic E-state index is 14.0. The van der Waals surface area contributed by atoms with Gasteiger partial charge >= 0.3 is 0 Å². The third-order valence-corrected chi connectivity index (χ3v) is 6.07. The highest BCUT2D eigenvalue weighted by atomic mass is 79.9. The molecule has 1 amide bonds. The second-order valence-electron chi connectivity index (χ2n) is 7.73. The molecule has 0 radical (unpaired) electrons. The van der Waals surface area contributed by atoms with Gasteiger partial charge in [-0.05, 0) is 64.0 Å². The summed E-state index contributed by atoms with van der Waals surface area (Å²) in [6, 6.07) is 21.2. The summed E-state index contributed by atoms with van der Waals surface area (Å²) in [6.45, 7) is 2.32. The maximum Gasteiger partial charge on any atom is 0.275 e. The topological polar surface area (TPSA) is 69.2 Å². The smallest absolute Gasteiger partial charge is 0.275 e. The molecule has 0 fully saturated rings. The van der Waals surface area contributed by atoms with Gasteiger partial charge in [0.15, 0.2) is 11.5 Å². The fraction of sp³-hybridized carbons (Fsp3) is 0.143. The minimum Gasteiger partial charge on any atom is -0.496 e. The van der Waals surface area contributed by atoms with E-state index in [0.717, 1.165) is 10.8 Å². The minimum atomic E-state index is -0.403. The van der Waals surface area contributed by atoms with Crippen LogP contribution >= 0.6 is 15.9 Å². The first-order valence-electron chi connectivity index (χ1n) is 11.2. The Morgan fingerprint density at radius 3 is 2.39 bits per heavy atom. The third kappa shape index (κ3) is 5.83. The highest BCUT2D eigenvalue weighted by molar-refractivity contribution is 9.10. The number of rotatable bonds is 9. The van der Waals surface area contributed by atoms with Gasteiger partial charge in [0.2, 0.25) is 0 Å². The van der Waals surface area contributed by atoms with E-state index in [4.69, 9.17) is 14.2 Å². The molecule has 0 spiro atoms. The van der Waals surface area contributed by atoms with Crippen molar-refractivity contribution in [2.45, 2.75) is 13.5 Å². The van der Waals surface area contributed by atoms with E-state index >= 15 is 0 Å². The van der Waals surface area contributed by atoms with Crippen LogP contribution in [0.2, 0.25) is 0 Å². The van der Waals surface area contributed by atoms with Crippen molar-refractivity contribution in [2.24, 2.45) is 5.10 Å². The molecule has 0 atom stereocenters. The number of hydrogen-bond donors (Lipinski definition) is 1. The molecule has 4 rings (SSSR count). The summed E-state index contributed by atoms with van der Waals surface area (Å²) in [5, 5.41) is 6.00. The average Bonchev–Trinajstić information content (AvgIpc) is 2.89. The van der Waals surface area contributed by atoms with Crippen molar-refractivity contribution in [1.82, 2.24) is 5.43 Å². The lowest BCUT2D eigenvalue weighted by molar-refractivity contribution is 0.0952. The molecule has 0 bridgehead atoms. The predicted octanol–water partition coefficient (Wildman–Crippen LogP) is 6.49. The van der Waals surface area contributed by atoms with E-state index in [1.165, 1.54) is 19.4 Å². The zero-order valence-electron chi connectivity index (χ0n) is 19.8. The summed E-state index contributed by atoms with van der Waals surface area (Å²) in [6.07, 6.45) is 1.50. The van der Waals surface area contributed by atoms with Crippen molar-refractivity contribution < 1.29 is 23.4 Å². The Hall–Kier alpha value is -3.91. The summed E-state index contributed by atoms with van der Waals surface area (Å²) in [5.74, 6) is 0.643. The van der Waals surface area contributed by atoms with E-state index in [1.807, 2.05) is 37.3 Å². The van der Waals surface area contributed by atoms with Crippen molar-refractivity contribution in [2.75, 3.05) is 13.7 Å². The molecule has 36 heavy (non-hydrogen) atoms. The second-order valence-corrected chi connectivity index (χ2v) is 8.59. The van der Waals surface area contributed by atoms with E-state index < -0.39 is 5.91 Å². The Bertz CT molecular complexity index is 1420. The lowest BCUT2D eigenvalue weighted by Crippen LogP contribution is -2.18. The van der Waals surface area contributed by atoms with Crippen LogP contribution in [0.1, 0.15) is 28.4 Å². The first kappa shape index (κ1) is 25.2. The standard InChI is InChI=1S/C28H24BrFN2O4/c1-3-35-26-14-21(23(29)15-27(26)36-17-20-10-6-7-11-24(20)30)16-31-32-28(33)22-12-18-8-4-5-9-19(18)13-25(22)34-2/h4-16H,3,17H2,1-2H3,(H,32,33)/b31-16-. The maximum absolute atomic E-state index is 14.0. The van der Waals surface area contributed by atoms with Gasteiger partial charge in [-0.1, -0.05) is 42.5 Å². The second kappa shape index (κ2) is 11.7. The van der Waals surface area contributed by atoms with Crippen LogP contribution in [0.4, 0.5) is 4.39 Å². The first-order valence-corrected chi connectivity index (χ1v) is 12.0. The molecule has 4 aromatic carbocycles. The summed E-state index contributed by atoms with van der Waals surface area (Å²) < 4.78 is 31.6. The van der Waals surface area contributed by atoms with Crippen LogP contribution < -0.4 is 19.6 Å². The molecule has 0 aromatic heterocycles. The van der Waals surface area contributed by atoms with Crippen molar-refractivity contribution in [3.8, 4) is 17.2 Å². The molecule has 1 N–H and O–H groups in total. The van der Waals surface area contributed by atoms with Gasteiger partial charge < -0.3 is 14.2 Å². The van der Waals surface area contributed by atoms with Crippen molar-refractivity contribution in [3.63, 3.8) is 0 Å². The van der Waals surface area contributed by atoms with Crippen LogP contribution in [0.15, 0.2) is 82.4 Å². The van der Waals surface area contributed by atoms with E-state index in [-0.39, 0.29) is 12.4 Å². The van der Waals surface area contributed by atoms with Gasteiger partial charge in [0, 0.05) is 15.6 Å². The van der Waals surface area contributed by atoms with Crippen molar-refractivity contribution >= 4 is 38.8 Å². The number of halogens is 2. The van der Waals surface area contributed by atoms with Gasteiger partial charge in [0.05, 0.1) is 25.5 Å². The predicted molar refractivity (Wildman–Crippen MR) is 142 cm³/mol. The van der Waals surface area contributed by atoms with E-state index in [1.54, 1.807) is 36.4 Å². The molecule has 0 aliphatic heterocycles. The van der Waals surface area contributed by atoms with Crippen LogP contribution in [0, 0.1) is 5.82 Å². The van der Waals surface area contributed by atoms with E-state index in [9.17, 15) is 9.18 Å². The average molecular weight is 551 g/mol. The van der Waals surface area contributed by atoms with Crippen LogP contribution in [0.5, 0.6) is 17.2 Å². The minimum absolute atomic E-state index is 0.0519. The highest BCUT2D eigenvalue weighted by Gasteiger charge is 2.14. The molecule has 0 heterocycles. The quantitative estimate of drug-likeness (QED) is 0.191. The van der Waals surface area contributed by atoms with Crippen molar-refractivity contribution in [3.05, 3.63) is 99.8 Å². The number of amides is 1. The Balaban J connectivity index is 1.51. The van der Waals surface area contributed by atoms with Gasteiger partial charge in [-0.15, -0.1) is 0 Å². The molecule has 0 aliphatic carbocycles. The molecule has 4 aromatic rings. The van der Waals surface area contributed by atoms with Gasteiger partial charge in [-0.25, -0.2) is 9.82 Å². The van der Waals surface area contributed by atoms with Crippen molar-refractivity contribution in [1.29, 1.82) is 0 Å². The number of hydrazone groups is 1. The number of carbonyl (C=O) groups excluding carboxylic acids is 1. The molecule has 8 heteroatoms. The van der Waals surface area contributed by atoms with Gasteiger partial charge in [-0.2, -0.15) is 5.10 Å². The van der Waals surface area contributed by atoms with Gasteiger partial charge in [0.1, 0.15) is 18.2 Å². The van der Waals surface area contributed by atoms with Crippen LogP contribution in [0.25, 0.3) is 10.8 Å². The van der Waals surface area contributed by atoms with Gasteiger partial charge in [0.25, 0.3) is 5.91 Å². The monoisotopic (exact) mass is 550 g/mol. The molecule has 6 nitrogen and oxygen atoms in total. The Morgan fingerprint density at radius 2 is 1.67 bits per heavy atom. The summed E-state index contributed by atoms with van der Waals surface area (Å²) >= 11 is 3.50. The fourth-order valence-electron chi connectivity index (χ4n) is 3.59. The van der Waals surface area contributed by atoms with Crippen LogP contribution in [0.3, 0.4) is 0 Å². The molecule has 0 saturated carbocycles. The number of benzene rings is 4. The zero-order chi connectivity index (χ0) is 25.5. The number of nitrogens with zero attached hydrogens (tertiary/aromatic N) is 1. The van der Waals surface area contributed by atoms with Crippen LogP contribution in [-0.2, 0) is 6.61 Å². The molecule has 0 aliphatic rings. The molecule has 0 saturated heterocycles. The Kier molecular flexibility index (Phi) is 8.17. The first-order chi connectivity index (χ1) is 17.5. The molecule has 0 unspecified atom stereocenters. The fourth-order valence-corrected chi connectivity index (χ4v) is 4.01. The number of nitrogens with one attached hydrogen (secondary N) is 1. The summed E-state index contributed by atoms with van der Waals surface area (Å²) in [5.41, 5.74) is 4.02. The van der Waals surface area contributed by atoms with Crippen LogP contribution in [-0.4, -0.2) is 25.8 Å². The Morgan fingerprint density at radius 1 is 0.972 bits per heavy atom. The van der Waals surface area contributed by atoms with E-state index in [2.05, 4.69) is 26.5 Å². The lowest BCUT2D eigenvalue weighted by atomic mass is 10.1. The normalized spacial score (nSPS) is 11.0. The van der Waals surface area contributed by atoms with Gasteiger partial charge in [-0.3, -0.25) is 4.79 Å². The number of carbonyl (C=O) groups is 1. The number of methoxy groups -OCH3 is 1. The summed E-state index contributed by atoms with van der Waals surface area (Å²) in [4.78, 5) is 12.8. The summed E-state index contributed by atoms with van der Waals surface area (Å²) in [7, 11) is 1.52. The highest BCUT2D eigenvalue weighted by Crippen LogP contribution is 2.34. The molecular formula is C28H24BrFN2O4. The molecule has 184 valence electrons. The number of hydrogen-bond acceptors (Lipinski definition) is 5. The zero-order valence-corrected chi connectivity index (χ0v) is 21.3.